The molecule has 2 rings (SSSR count). The van der Waals surface area contributed by atoms with Crippen LogP contribution in [0.15, 0.2) is 5.16 Å². The fourth-order valence-electron chi connectivity index (χ4n) is 1.87. The standard InChI is InChI=1S/C9H9F6N5OS/c10-8(11,12)3-19-2-1-5(6(19)21)22-7-16-17-18-20(7)4-9(13,14)15/h5H,1-4H2. The number of carbonyl (C=O) groups is 1. The van der Waals surface area contributed by atoms with Crippen molar-refractivity contribution in [1.82, 2.24) is 25.1 Å². The molecule has 0 aromatic carbocycles. The van der Waals surface area contributed by atoms with E-state index in [1.807, 2.05) is 0 Å². The van der Waals surface area contributed by atoms with Crippen molar-refractivity contribution in [2.45, 2.75) is 35.7 Å². The molecule has 0 saturated carbocycles. The van der Waals surface area contributed by atoms with Gasteiger partial charge in [0.25, 0.3) is 0 Å². The number of hydrogen-bond donors (Lipinski definition) is 0. The third-order valence-electron chi connectivity index (χ3n) is 2.69. The first kappa shape index (κ1) is 16.8. The lowest BCUT2D eigenvalue weighted by Gasteiger charge is -2.18. The molecular weight excluding hydrogens is 340 g/mol. The second-order valence-electron chi connectivity index (χ2n) is 4.50. The van der Waals surface area contributed by atoms with Crippen LogP contribution in [0, 0.1) is 0 Å². The summed E-state index contributed by atoms with van der Waals surface area (Å²) < 4.78 is 74.2. The first-order chi connectivity index (χ1) is 10.1. The highest BCUT2D eigenvalue weighted by molar-refractivity contribution is 8.00. The summed E-state index contributed by atoms with van der Waals surface area (Å²) >= 11 is 0.631. The van der Waals surface area contributed by atoms with Crippen molar-refractivity contribution in [3.05, 3.63) is 0 Å². The van der Waals surface area contributed by atoms with Gasteiger partial charge in [-0.05, 0) is 16.8 Å². The Labute approximate surface area is 123 Å². The van der Waals surface area contributed by atoms with Crippen molar-refractivity contribution in [1.29, 1.82) is 0 Å². The van der Waals surface area contributed by atoms with Crippen LogP contribution in [0.2, 0.25) is 0 Å². The van der Waals surface area contributed by atoms with Crippen LogP contribution in [0.1, 0.15) is 6.42 Å². The summed E-state index contributed by atoms with van der Waals surface area (Å²) in [6.07, 6.45) is -8.99. The molecule has 0 radical (unpaired) electrons. The minimum Gasteiger partial charge on any atom is -0.333 e. The highest BCUT2D eigenvalue weighted by atomic mass is 32.2. The molecule has 124 valence electrons. The number of carbonyl (C=O) groups excluding carboxylic acids is 1. The molecule has 22 heavy (non-hydrogen) atoms. The van der Waals surface area contributed by atoms with Crippen LogP contribution >= 0.6 is 11.8 Å². The van der Waals surface area contributed by atoms with Crippen molar-refractivity contribution >= 4 is 17.7 Å². The Morgan fingerprint density at radius 2 is 1.77 bits per heavy atom. The molecular formula is C9H9F6N5OS. The quantitative estimate of drug-likeness (QED) is 0.771. The normalized spacial score (nSPS) is 20.0. The van der Waals surface area contributed by atoms with E-state index in [2.05, 4.69) is 15.5 Å². The van der Waals surface area contributed by atoms with Crippen molar-refractivity contribution in [2.24, 2.45) is 0 Å². The summed E-state index contributed by atoms with van der Waals surface area (Å²) in [5, 5.41) is 8.43. The average Bonchev–Trinajstić information content (AvgIpc) is 2.87. The molecule has 1 aliphatic rings. The van der Waals surface area contributed by atoms with Gasteiger partial charge in [-0.3, -0.25) is 4.79 Å². The van der Waals surface area contributed by atoms with Crippen molar-refractivity contribution in [3.63, 3.8) is 0 Å². The number of amides is 1. The van der Waals surface area contributed by atoms with Crippen LogP contribution in [0.4, 0.5) is 26.3 Å². The van der Waals surface area contributed by atoms with Gasteiger partial charge in [0.05, 0.1) is 5.25 Å². The zero-order chi connectivity index (χ0) is 16.5. The SMILES string of the molecule is O=C1C(Sc2nnnn2CC(F)(F)F)CCN1CC(F)(F)F. The number of alkyl halides is 6. The van der Waals surface area contributed by atoms with Gasteiger partial charge in [0.2, 0.25) is 11.1 Å². The topological polar surface area (TPSA) is 63.9 Å². The van der Waals surface area contributed by atoms with Crippen LogP contribution in [-0.4, -0.2) is 61.7 Å². The van der Waals surface area contributed by atoms with Crippen LogP contribution in [0.5, 0.6) is 0 Å². The van der Waals surface area contributed by atoms with E-state index in [-0.39, 0.29) is 18.1 Å². The maximum absolute atomic E-state index is 12.3. The van der Waals surface area contributed by atoms with Gasteiger partial charge >= 0.3 is 12.4 Å². The molecule has 0 spiro atoms. The number of tetrazole rings is 1. The van der Waals surface area contributed by atoms with Crippen LogP contribution in [0.25, 0.3) is 0 Å². The molecule has 1 aromatic rings. The summed E-state index contributed by atoms with van der Waals surface area (Å²) in [5.74, 6) is -0.788. The Morgan fingerprint density at radius 3 is 2.36 bits per heavy atom. The van der Waals surface area contributed by atoms with Gasteiger partial charge in [0.1, 0.15) is 13.1 Å². The number of hydrogen-bond acceptors (Lipinski definition) is 5. The van der Waals surface area contributed by atoms with E-state index < -0.39 is 36.6 Å². The Bertz CT molecular complexity index is 543. The van der Waals surface area contributed by atoms with Gasteiger partial charge in [-0.2, -0.15) is 26.3 Å². The third kappa shape index (κ3) is 4.48. The van der Waals surface area contributed by atoms with Gasteiger partial charge in [-0.25, -0.2) is 4.68 Å². The smallest absolute Gasteiger partial charge is 0.333 e. The maximum atomic E-state index is 12.3. The monoisotopic (exact) mass is 349 g/mol. The summed E-state index contributed by atoms with van der Waals surface area (Å²) in [5.41, 5.74) is 0. The fraction of sp³-hybridized carbons (Fsp3) is 0.778. The van der Waals surface area contributed by atoms with Crippen LogP contribution in [-0.2, 0) is 11.3 Å². The molecule has 0 aliphatic carbocycles. The summed E-state index contributed by atoms with van der Waals surface area (Å²) in [7, 11) is 0. The molecule has 2 heterocycles. The molecule has 1 saturated heterocycles. The zero-order valence-corrected chi connectivity index (χ0v) is 11.5. The van der Waals surface area contributed by atoms with E-state index in [1.54, 1.807) is 0 Å². The number of nitrogens with zero attached hydrogens (tertiary/aromatic N) is 5. The minimum absolute atomic E-state index is 0.0818. The maximum Gasteiger partial charge on any atom is 0.408 e. The van der Waals surface area contributed by atoms with E-state index in [9.17, 15) is 31.1 Å². The van der Waals surface area contributed by atoms with Gasteiger partial charge < -0.3 is 4.90 Å². The third-order valence-corrected chi connectivity index (χ3v) is 3.92. The summed E-state index contributed by atoms with van der Waals surface area (Å²) in [6.45, 7) is -2.93. The number of thioether (sulfide) groups is 1. The molecule has 6 nitrogen and oxygen atoms in total. The van der Waals surface area contributed by atoms with E-state index in [0.29, 0.717) is 21.3 Å². The highest BCUT2D eigenvalue weighted by Crippen LogP contribution is 2.31. The summed E-state index contributed by atoms with van der Waals surface area (Å²) in [4.78, 5) is 12.4. The van der Waals surface area contributed by atoms with Crippen LogP contribution in [0.3, 0.4) is 0 Å². The van der Waals surface area contributed by atoms with E-state index in [4.69, 9.17) is 0 Å². The Balaban J connectivity index is 2.01. The van der Waals surface area contributed by atoms with Gasteiger partial charge in [0.15, 0.2) is 0 Å². The van der Waals surface area contributed by atoms with Gasteiger partial charge in [-0.15, -0.1) is 5.10 Å². The second-order valence-corrected chi connectivity index (χ2v) is 5.67. The molecule has 13 heteroatoms. The largest absolute Gasteiger partial charge is 0.408 e. The zero-order valence-electron chi connectivity index (χ0n) is 10.7. The molecule has 1 amide bonds. The second kappa shape index (κ2) is 5.93. The van der Waals surface area contributed by atoms with Crippen molar-refractivity contribution in [3.8, 4) is 0 Å². The predicted molar refractivity (Wildman–Crippen MR) is 60.8 cm³/mol. The number of halogens is 6. The Kier molecular flexibility index (Phi) is 4.54. The number of aromatic nitrogens is 4. The van der Waals surface area contributed by atoms with E-state index in [1.165, 1.54) is 0 Å². The lowest BCUT2D eigenvalue weighted by molar-refractivity contribution is -0.157. The Morgan fingerprint density at radius 1 is 1.14 bits per heavy atom. The van der Waals surface area contributed by atoms with E-state index in [0.717, 1.165) is 0 Å². The fourth-order valence-corrected chi connectivity index (χ4v) is 2.90. The first-order valence-corrected chi connectivity index (χ1v) is 6.78. The first-order valence-electron chi connectivity index (χ1n) is 5.90. The van der Waals surface area contributed by atoms with Gasteiger partial charge in [0, 0.05) is 6.54 Å². The van der Waals surface area contributed by atoms with Gasteiger partial charge in [-0.1, -0.05) is 11.8 Å². The molecule has 1 unspecified atom stereocenters. The number of likely N-dealkylation sites (tertiary alicyclic amines) is 1. The lowest BCUT2D eigenvalue weighted by atomic mass is 10.4. The molecule has 1 aliphatic heterocycles. The lowest BCUT2D eigenvalue weighted by Crippen LogP contribution is -2.36. The van der Waals surface area contributed by atoms with Crippen LogP contribution < -0.4 is 0 Å². The highest BCUT2D eigenvalue weighted by Gasteiger charge is 2.40. The Hall–Kier alpha value is -1.53. The predicted octanol–water partition coefficient (Wildman–Crippen LogP) is 1.49. The number of rotatable bonds is 4. The molecule has 1 fully saturated rings. The average molecular weight is 349 g/mol. The van der Waals surface area contributed by atoms with Crippen molar-refractivity contribution < 1.29 is 31.1 Å². The molecule has 0 bridgehead atoms. The molecule has 1 aromatic heterocycles. The van der Waals surface area contributed by atoms with Crippen molar-refractivity contribution in [2.75, 3.05) is 13.1 Å². The molecule has 1 atom stereocenters. The summed E-state index contributed by atoms with van der Waals surface area (Å²) in [6, 6.07) is 0. The van der Waals surface area contributed by atoms with E-state index >= 15 is 0 Å². The minimum atomic E-state index is -4.55. The molecule has 0 N–H and O–H groups in total.